The Kier molecular flexibility index (Phi) is 9.25. The largest absolute Gasteiger partial charge is 0.469 e. The number of anilines is 1. The van der Waals surface area contributed by atoms with Gasteiger partial charge in [-0.05, 0) is 49.8 Å². The number of methoxy groups -OCH3 is 1. The molecule has 38 heavy (non-hydrogen) atoms. The summed E-state index contributed by atoms with van der Waals surface area (Å²) in [6, 6.07) is 6.44. The molecule has 2 fully saturated rings. The van der Waals surface area contributed by atoms with E-state index in [2.05, 4.69) is 38.2 Å². The highest BCUT2D eigenvalue weighted by molar-refractivity contribution is 5.70. The highest BCUT2D eigenvalue weighted by atomic mass is 16.5. The molecule has 10 heteroatoms. The van der Waals surface area contributed by atoms with Crippen LogP contribution in [0.1, 0.15) is 75.9 Å². The van der Waals surface area contributed by atoms with Gasteiger partial charge >= 0.3 is 12.0 Å². The lowest BCUT2D eigenvalue weighted by Crippen LogP contribution is -2.22. The third-order valence-corrected chi connectivity index (χ3v) is 7.30. The maximum atomic E-state index is 11.7. The average Bonchev–Trinajstić information content (AvgIpc) is 3.53. The van der Waals surface area contributed by atoms with Crippen molar-refractivity contribution in [1.82, 2.24) is 29.9 Å². The molecule has 0 aromatic carbocycles. The molecule has 0 bridgehead atoms. The fourth-order valence-corrected chi connectivity index (χ4v) is 4.94. The highest BCUT2D eigenvalue weighted by Crippen LogP contribution is 2.35. The molecule has 4 heterocycles. The number of aryl methyl sites for hydroxylation is 2. The molecular formula is C28H39N7O3. The minimum absolute atomic E-state index is 0.149. The Morgan fingerprint density at radius 1 is 1.13 bits per heavy atom. The van der Waals surface area contributed by atoms with Crippen LogP contribution in [0.15, 0.2) is 24.4 Å². The predicted molar refractivity (Wildman–Crippen MR) is 145 cm³/mol. The second-order valence-corrected chi connectivity index (χ2v) is 9.59. The lowest BCUT2D eigenvalue weighted by Gasteiger charge is -2.24. The number of aromatic nitrogens is 6. The van der Waals surface area contributed by atoms with Crippen molar-refractivity contribution < 1.29 is 14.3 Å². The molecule has 1 aliphatic heterocycles. The molecule has 3 aromatic heterocycles. The van der Waals surface area contributed by atoms with E-state index in [1.54, 1.807) is 10.9 Å². The second-order valence-electron chi connectivity index (χ2n) is 9.59. The normalized spacial score (nSPS) is 17.0. The van der Waals surface area contributed by atoms with E-state index in [0.29, 0.717) is 30.0 Å². The molecule has 5 rings (SSSR count). The van der Waals surface area contributed by atoms with E-state index in [4.69, 9.17) is 14.5 Å². The Bertz CT molecular complexity index is 1220. The van der Waals surface area contributed by atoms with E-state index in [1.807, 2.05) is 33.0 Å². The maximum Gasteiger partial charge on any atom is 0.316 e. The van der Waals surface area contributed by atoms with Gasteiger partial charge in [-0.15, -0.1) is 5.10 Å². The van der Waals surface area contributed by atoms with Crippen molar-refractivity contribution in [3.63, 3.8) is 0 Å². The summed E-state index contributed by atoms with van der Waals surface area (Å²) in [4.78, 5) is 27.9. The van der Waals surface area contributed by atoms with Crippen LogP contribution < -0.4 is 9.64 Å². The lowest BCUT2D eigenvalue weighted by atomic mass is 9.83. The third kappa shape index (κ3) is 6.11. The molecule has 204 valence electrons. The Hall–Kier alpha value is -3.56. The summed E-state index contributed by atoms with van der Waals surface area (Å²) in [6.45, 7) is 8.08. The molecule has 10 nitrogen and oxygen atoms in total. The number of carbonyl (C=O) groups is 1. The number of nitrogens with zero attached hydrogens (tertiary/aromatic N) is 7. The quantitative estimate of drug-likeness (QED) is 0.376. The summed E-state index contributed by atoms with van der Waals surface area (Å²) in [5.74, 6) is 0.671. The summed E-state index contributed by atoms with van der Waals surface area (Å²) in [5.41, 5.74) is 5.43. The Balaban J connectivity index is 0.00000164. The zero-order valence-electron chi connectivity index (χ0n) is 23.2. The van der Waals surface area contributed by atoms with Gasteiger partial charge in [0.15, 0.2) is 0 Å². The van der Waals surface area contributed by atoms with Gasteiger partial charge in [0.1, 0.15) is 18.0 Å². The van der Waals surface area contributed by atoms with Crippen LogP contribution in [0, 0.1) is 5.92 Å². The number of pyridine rings is 1. The summed E-state index contributed by atoms with van der Waals surface area (Å²) < 4.78 is 12.5. The van der Waals surface area contributed by atoms with Crippen molar-refractivity contribution in [2.45, 2.75) is 71.8 Å². The highest BCUT2D eigenvalue weighted by Gasteiger charge is 2.27. The van der Waals surface area contributed by atoms with Crippen LogP contribution in [0.25, 0.3) is 11.4 Å². The molecule has 1 atom stereocenters. The van der Waals surface area contributed by atoms with E-state index in [-0.39, 0.29) is 12.6 Å². The zero-order chi connectivity index (χ0) is 27.1. The minimum atomic E-state index is -0.149. The summed E-state index contributed by atoms with van der Waals surface area (Å²) >= 11 is 0. The predicted octanol–water partition coefficient (Wildman–Crippen LogP) is 4.49. The molecule has 0 radical (unpaired) electrons. The average molecular weight is 522 g/mol. The molecule has 1 saturated heterocycles. The first-order chi connectivity index (χ1) is 18.6. The fraction of sp³-hybridized carbons (Fsp3) is 0.571. The summed E-state index contributed by atoms with van der Waals surface area (Å²) in [5, 5.41) is 8.61. The first-order valence-electron chi connectivity index (χ1n) is 13.7. The van der Waals surface area contributed by atoms with Crippen molar-refractivity contribution in [2.24, 2.45) is 13.0 Å². The fourth-order valence-electron chi connectivity index (χ4n) is 4.94. The van der Waals surface area contributed by atoms with Crippen LogP contribution in [0.5, 0.6) is 6.01 Å². The minimum Gasteiger partial charge on any atom is -0.469 e. The van der Waals surface area contributed by atoms with Crippen molar-refractivity contribution in [1.29, 1.82) is 0 Å². The van der Waals surface area contributed by atoms with Gasteiger partial charge in [-0.1, -0.05) is 32.4 Å². The van der Waals surface area contributed by atoms with Crippen LogP contribution in [-0.2, 0) is 29.6 Å². The van der Waals surface area contributed by atoms with Gasteiger partial charge in [0.25, 0.3) is 0 Å². The number of carbonyl (C=O) groups excluding carboxylic acids is 1. The molecule has 1 saturated carbocycles. The molecule has 0 spiro atoms. The molecule has 0 unspecified atom stereocenters. The third-order valence-electron chi connectivity index (χ3n) is 7.30. The van der Waals surface area contributed by atoms with Gasteiger partial charge in [0.05, 0.1) is 36.3 Å². The van der Waals surface area contributed by atoms with E-state index < -0.39 is 0 Å². The maximum absolute atomic E-state index is 11.7. The van der Waals surface area contributed by atoms with E-state index >= 15 is 0 Å². The standard InChI is InChI=1S/C26H33N7O3.C2H6/c1-4-19-22(33-13-11-17(15-33)14-24(34)35-3)9-8-21(28-19)25-23(32(2)31-30-25)16-36-26-27-12-10-20(29-26)18-6-5-7-18;1-2/h8-10,12,17-18H,4-7,11,13-16H2,1-3H3;1-2H3/t17-;/m0./s1. The first kappa shape index (κ1) is 27.5. The number of ether oxygens (including phenoxy) is 2. The van der Waals surface area contributed by atoms with Crippen LogP contribution in [0.4, 0.5) is 5.69 Å². The Labute approximate surface area is 224 Å². The second kappa shape index (κ2) is 12.8. The lowest BCUT2D eigenvalue weighted by molar-refractivity contribution is -0.141. The van der Waals surface area contributed by atoms with Crippen molar-refractivity contribution in [2.75, 3.05) is 25.1 Å². The van der Waals surface area contributed by atoms with Crippen molar-refractivity contribution in [3.05, 3.63) is 41.5 Å². The number of hydrogen-bond donors (Lipinski definition) is 0. The number of hydrogen-bond acceptors (Lipinski definition) is 9. The van der Waals surface area contributed by atoms with Crippen LogP contribution in [-0.4, -0.2) is 56.1 Å². The van der Waals surface area contributed by atoms with Gasteiger partial charge in [-0.2, -0.15) is 4.98 Å². The summed E-state index contributed by atoms with van der Waals surface area (Å²) in [7, 11) is 3.29. The first-order valence-corrected chi connectivity index (χ1v) is 13.7. The molecular weight excluding hydrogens is 482 g/mol. The number of rotatable bonds is 9. The smallest absolute Gasteiger partial charge is 0.316 e. The summed E-state index contributed by atoms with van der Waals surface area (Å²) in [6.07, 6.45) is 7.59. The zero-order valence-corrected chi connectivity index (χ0v) is 23.2. The SMILES string of the molecule is CC.CCc1nc(-c2nnn(C)c2COc2nccc(C3CCC3)n2)ccc1N1CC[C@@H](CC(=O)OC)C1. The molecule has 2 aliphatic rings. The number of esters is 1. The van der Waals surface area contributed by atoms with E-state index in [9.17, 15) is 4.79 Å². The van der Waals surface area contributed by atoms with Crippen LogP contribution in [0.2, 0.25) is 0 Å². The van der Waals surface area contributed by atoms with Crippen molar-refractivity contribution in [3.8, 4) is 17.4 Å². The molecule has 1 aliphatic carbocycles. The molecule has 0 amide bonds. The van der Waals surface area contributed by atoms with Gasteiger partial charge in [0, 0.05) is 32.3 Å². The molecule has 3 aromatic rings. The topological polar surface area (TPSA) is 108 Å². The van der Waals surface area contributed by atoms with E-state index in [1.165, 1.54) is 26.4 Å². The van der Waals surface area contributed by atoms with Gasteiger partial charge in [-0.25, -0.2) is 14.6 Å². The van der Waals surface area contributed by atoms with Gasteiger partial charge in [0.2, 0.25) is 0 Å². The molecule has 0 N–H and O–H groups in total. The Morgan fingerprint density at radius 3 is 2.66 bits per heavy atom. The van der Waals surface area contributed by atoms with Gasteiger partial charge in [-0.3, -0.25) is 4.79 Å². The van der Waals surface area contributed by atoms with Crippen LogP contribution in [0.3, 0.4) is 0 Å². The van der Waals surface area contributed by atoms with E-state index in [0.717, 1.165) is 54.4 Å². The van der Waals surface area contributed by atoms with Crippen LogP contribution >= 0.6 is 0 Å². The Morgan fingerprint density at radius 2 is 1.95 bits per heavy atom. The monoisotopic (exact) mass is 521 g/mol. The van der Waals surface area contributed by atoms with Gasteiger partial charge < -0.3 is 14.4 Å². The van der Waals surface area contributed by atoms with Crippen molar-refractivity contribution >= 4 is 11.7 Å².